The minimum Gasteiger partial charge on any atom is -0.309 e. The minimum absolute atomic E-state index is 0.645. The number of para-hydroxylation sites is 3. The van der Waals surface area contributed by atoms with E-state index in [0.29, 0.717) is 11.6 Å². The number of nitrogens with zero attached hydrogens (tertiary/aromatic N) is 8. The fourth-order valence-corrected chi connectivity index (χ4v) is 17.2. The first-order valence-electron chi connectivity index (χ1n) is 37.4. The van der Waals surface area contributed by atoms with E-state index in [1.165, 1.54) is 59.5 Å². The second-order valence-electron chi connectivity index (χ2n) is 28.4. The summed E-state index contributed by atoms with van der Waals surface area (Å²) < 4.78 is 9.78. The van der Waals surface area contributed by atoms with E-state index < -0.39 is 0 Å². The van der Waals surface area contributed by atoms with E-state index in [1.54, 1.807) is 0 Å². The van der Waals surface area contributed by atoms with Crippen molar-refractivity contribution in [1.82, 2.24) is 38.2 Å². The average Bonchev–Trinajstić information content (AvgIpc) is 1.55. The molecule has 0 radical (unpaired) electrons. The molecule has 0 aliphatic heterocycles. The van der Waals surface area contributed by atoms with Crippen LogP contribution in [0.25, 0.3) is 211 Å². The Labute approximate surface area is 633 Å². The first-order chi connectivity index (χ1) is 54.5. The van der Waals surface area contributed by atoms with Gasteiger partial charge in [0.05, 0.1) is 72.6 Å². The summed E-state index contributed by atoms with van der Waals surface area (Å²) in [6.07, 6.45) is 0. The second kappa shape index (κ2) is 25.4. The van der Waals surface area contributed by atoms with Crippen molar-refractivity contribution in [3.8, 4) is 113 Å². The van der Waals surface area contributed by atoms with E-state index in [-0.39, 0.29) is 0 Å². The predicted octanol–water partition coefficient (Wildman–Crippen LogP) is 26.1. The maximum absolute atomic E-state index is 5.50. The summed E-state index contributed by atoms with van der Waals surface area (Å²) in [6, 6.07) is 140. The third-order valence-corrected chi connectivity index (χ3v) is 22.2. The largest absolute Gasteiger partial charge is 0.309 e. The molecule has 512 valence electrons. The first-order valence-corrected chi connectivity index (χ1v) is 37.4. The fraction of sp³-hybridized carbons (Fsp3) is 0. The molecule has 0 N–H and O–H groups in total. The number of benzene rings is 16. The van der Waals surface area contributed by atoms with Gasteiger partial charge in [-0.1, -0.05) is 285 Å². The minimum atomic E-state index is 0.645. The molecular weight excluding hydrogens is 1340 g/mol. The highest BCUT2D eigenvalue weighted by molar-refractivity contribution is 6.31. The molecule has 8 heteroatoms. The topological polar surface area (TPSA) is 71.3 Å². The van der Waals surface area contributed by atoms with Crippen LogP contribution in [0.5, 0.6) is 0 Å². The van der Waals surface area contributed by atoms with Crippen LogP contribution in [0.2, 0.25) is 0 Å². The average molecular weight is 1400 g/mol. The molecule has 6 heterocycles. The van der Waals surface area contributed by atoms with E-state index >= 15 is 0 Å². The van der Waals surface area contributed by atoms with Gasteiger partial charge in [0.2, 0.25) is 0 Å². The van der Waals surface area contributed by atoms with Crippen molar-refractivity contribution < 1.29 is 0 Å². The van der Waals surface area contributed by atoms with Crippen LogP contribution in [-0.2, 0) is 0 Å². The molecule has 0 aliphatic carbocycles. The second-order valence-corrected chi connectivity index (χ2v) is 28.4. The molecule has 22 aromatic rings. The van der Waals surface area contributed by atoms with Gasteiger partial charge in [-0.15, -0.1) is 0 Å². The van der Waals surface area contributed by atoms with Gasteiger partial charge in [-0.25, -0.2) is 19.9 Å². The van der Waals surface area contributed by atoms with Crippen molar-refractivity contribution in [2.24, 2.45) is 0 Å². The number of fused-ring (bicyclic) bond motifs is 15. The number of rotatable bonds is 12. The summed E-state index contributed by atoms with van der Waals surface area (Å²) in [5.74, 6) is 1.33. The molecule has 22 rings (SSSR count). The lowest BCUT2D eigenvalue weighted by atomic mass is 9.99. The zero-order valence-electron chi connectivity index (χ0n) is 59.5. The normalized spacial score (nSPS) is 11.8. The zero-order valence-corrected chi connectivity index (χ0v) is 59.5. The van der Waals surface area contributed by atoms with Crippen LogP contribution in [-0.4, -0.2) is 38.2 Å². The Hall–Kier alpha value is -14.9. The Balaban J connectivity index is 0.665. The Morgan fingerprint density at radius 1 is 0.164 bits per heavy atom. The van der Waals surface area contributed by atoms with E-state index in [2.05, 4.69) is 382 Å². The number of hydrogen-bond acceptors (Lipinski definition) is 4. The van der Waals surface area contributed by atoms with Crippen LogP contribution < -0.4 is 0 Å². The maximum atomic E-state index is 5.50. The fourth-order valence-electron chi connectivity index (χ4n) is 17.2. The standard InChI is InChI=1S/C102H64N8/c1-5-25-65(26-6-1)72-35-21-38-76(59-72)109-94-56-55-92-98(81-43-16-18-45-89(81)107(92)77-39-22-36-74(60-77)87-64-85(69-30-9-3-10-31-69)103-101(106-87)71-32-11-4-12-33-71)100(94)83-54-53-73(62-96(83)109)66-49-51-70(52-50-66)86-63-84(68-28-7-2-8-29-68)104-102(105-86)75-37-23-40-78(61-75)108-90-46-19-15-42-80(90)97-93(108)57-58-95-99(97)82-44-17-20-47-91(82)110(95)88-48-24-34-67-27-13-14-41-79(67)88/h1-64H. The Morgan fingerprint density at radius 3 is 1.02 bits per heavy atom. The molecule has 0 unspecified atom stereocenters. The summed E-state index contributed by atoms with van der Waals surface area (Å²) in [5, 5.41) is 12.0. The first kappa shape index (κ1) is 62.5. The van der Waals surface area contributed by atoms with Crippen molar-refractivity contribution in [1.29, 1.82) is 0 Å². The van der Waals surface area contributed by atoms with Crippen LogP contribution in [0.1, 0.15) is 0 Å². The van der Waals surface area contributed by atoms with Gasteiger partial charge in [-0.3, -0.25) is 0 Å². The summed E-state index contributed by atoms with van der Waals surface area (Å²) >= 11 is 0. The molecule has 16 aromatic carbocycles. The summed E-state index contributed by atoms with van der Waals surface area (Å²) in [4.78, 5) is 21.3. The van der Waals surface area contributed by atoms with E-state index in [1.807, 2.05) is 24.3 Å². The third kappa shape index (κ3) is 10.2. The highest BCUT2D eigenvalue weighted by Crippen LogP contribution is 2.47. The van der Waals surface area contributed by atoms with Crippen molar-refractivity contribution in [3.05, 3.63) is 388 Å². The molecule has 110 heavy (non-hydrogen) atoms. The summed E-state index contributed by atoms with van der Waals surface area (Å²) in [5.41, 5.74) is 27.2. The van der Waals surface area contributed by atoms with Crippen molar-refractivity contribution in [3.63, 3.8) is 0 Å². The van der Waals surface area contributed by atoms with E-state index in [4.69, 9.17) is 19.9 Å². The maximum Gasteiger partial charge on any atom is 0.160 e. The molecule has 0 aliphatic rings. The molecule has 0 bridgehead atoms. The molecule has 0 amide bonds. The van der Waals surface area contributed by atoms with Crippen LogP contribution >= 0.6 is 0 Å². The van der Waals surface area contributed by atoms with Gasteiger partial charge < -0.3 is 18.3 Å². The van der Waals surface area contributed by atoms with Crippen LogP contribution in [0.3, 0.4) is 0 Å². The molecule has 8 nitrogen and oxygen atoms in total. The van der Waals surface area contributed by atoms with Crippen LogP contribution in [0.15, 0.2) is 388 Å². The zero-order chi connectivity index (χ0) is 72.3. The third-order valence-electron chi connectivity index (χ3n) is 22.2. The highest BCUT2D eigenvalue weighted by atomic mass is 15.0. The lowest BCUT2D eigenvalue weighted by molar-refractivity contribution is 1.16. The molecule has 0 spiro atoms. The lowest BCUT2D eigenvalue weighted by Crippen LogP contribution is -1.98. The number of hydrogen-bond donors (Lipinski definition) is 0. The number of aromatic nitrogens is 8. The summed E-state index contributed by atoms with van der Waals surface area (Å²) in [7, 11) is 0. The molecule has 0 saturated carbocycles. The van der Waals surface area contributed by atoms with Crippen molar-refractivity contribution in [2.45, 2.75) is 0 Å². The predicted molar refractivity (Wildman–Crippen MR) is 456 cm³/mol. The smallest absolute Gasteiger partial charge is 0.160 e. The van der Waals surface area contributed by atoms with Crippen molar-refractivity contribution >= 4 is 98.0 Å². The van der Waals surface area contributed by atoms with E-state index in [0.717, 1.165) is 140 Å². The molecule has 0 atom stereocenters. The van der Waals surface area contributed by atoms with Crippen LogP contribution in [0.4, 0.5) is 0 Å². The van der Waals surface area contributed by atoms with Gasteiger partial charge in [0.25, 0.3) is 0 Å². The molecule has 0 saturated heterocycles. The van der Waals surface area contributed by atoms with Gasteiger partial charge in [0.15, 0.2) is 11.6 Å². The summed E-state index contributed by atoms with van der Waals surface area (Å²) in [6.45, 7) is 0. The van der Waals surface area contributed by atoms with E-state index in [9.17, 15) is 0 Å². The molecule has 6 aromatic heterocycles. The van der Waals surface area contributed by atoms with Gasteiger partial charge >= 0.3 is 0 Å². The lowest BCUT2D eigenvalue weighted by Gasteiger charge is -2.13. The van der Waals surface area contributed by atoms with Crippen molar-refractivity contribution in [2.75, 3.05) is 0 Å². The molecule has 0 fully saturated rings. The quantitative estimate of drug-likeness (QED) is 0.122. The SMILES string of the molecule is c1ccc(-c2cccc(-n3c4cc(-c5ccc(-c6cc(-c7ccccc7)nc(-c7cccc(-n8c9ccccc9c9c%10c%11ccccc%11n(-c%11cccc%12ccccc%11%12)c%10ccc98)c7)n6)cc5)ccc4c4c5c6ccccc6n(-c6cccc(-c7cc(-c8ccccc8)nc(-c8ccccc8)n7)c6)c5ccc43)c2)cc1. The highest BCUT2D eigenvalue weighted by Gasteiger charge is 2.26. The Kier molecular flexibility index (Phi) is 14.5. The van der Waals surface area contributed by atoms with Gasteiger partial charge in [0, 0.05) is 98.9 Å². The Morgan fingerprint density at radius 2 is 0.482 bits per heavy atom. The van der Waals surface area contributed by atoms with Gasteiger partial charge in [-0.2, -0.15) is 0 Å². The Bertz CT molecular complexity index is 7370. The van der Waals surface area contributed by atoms with Gasteiger partial charge in [0.1, 0.15) is 0 Å². The molecular formula is C102H64N8. The van der Waals surface area contributed by atoms with Gasteiger partial charge in [-0.05, 0) is 131 Å². The van der Waals surface area contributed by atoms with Crippen LogP contribution in [0, 0.1) is 0 Å². The monoisotopic (exact) mass is 1400 g/mol.